The van der Waals surface area contributed by atoms with Gasteiger partial charge in [0.2, 0.25) is 0 Å². The highest BCUT2D eigenvalue weighted by Gasteiger charge is 2.16. The van der Waals surface area contributed by atoms with Gasteiger partial charge >= 0.3 is 0 Å². The van der Waals surface area contributed by atoms with Crippen LogP contribution < -0.4 is 5.43 Å². The molecule has 2 rings (SSSR count). The quantitative estimate of drug-likeness (QED) is 0.787. The van der Waals surface area contributed by atoms with Crippen LogP contribution in [0.1, 0.15) is 10.4 Å². The van der Waals surface area contributed by atoms with E-state index < -0.39 is 0 Å². The van der Waals surface area contributed by atoms with Crippen molar-refractivity contribution >= 4 is 17.5 Å². The van der Waals surface area contributed by atoms with E-state index in [1.807, 2.05) is 5.01 Å². The summed E-state index contributed by atoms with van der Waals surface area (Å²) < 4.78 is 0. The van der Waals surface area contributed by atoms with Crippen molar-refractivity contribution < 1.29 is 4.79 Å². The van der Waals surface area contributed by atoms with Crippen molar-refractivity contribution in [3.63, 3.8) is 0 Å². The summed E-state index contributed by atoms with van der Waals surface area (Å²) >= 11 is 5.74. The highest BCUT2D eigenvalue weighted by molar-refractivity contribution is 6.29. The van der Waals surface area contributed by atoms with Gasteiger partial charge in [0, 0.05) is 37.9 Å². The van der Waals surface area contributed by atoms with Crippen molar-refractivity contribution in [2.24, 2.45) is 0 Å². The van der Waals surface area contributed by atoms with Crippen LogP contribution in [0.4, 0.5) is 0 Å². The zero-order chi connectivity index (χ0) is 12.3. The Hall–Kier alpha value is -1.17. The maximum Gasteiger partial charge on any atom is 0.265 e. The number of nitrogens with zero attached hydrogens (tertiary/aromatic N) is 3. The summed E-state index contributed by atoms with van der Waals surface area (Å²) in [6, 6.07) is 3.21. The first kappa shape index (κ1) is 12.3. The molecular formula is C11H15ClN4O. The number of pyridine rings is 1. The zero-order valence-corrected chi connectivity index (χ0v) is 10.4. The van der Waals surface area contributed by atoms with Crippen LogP contribution in [0.25, 0.3) is 0 Å². The van der Waals surface area contributed by atoms with Crippen molar-refractivity contribution in [1.82, 2.24) is 20.3 Å². The number of amides is 1. The van der Waals surface area contributed by atoms with Gasteiger partial charge in [-0.15, -0.1) is 0 Å². The number of nitrogens with one attached hydrogen (secondary N) is 1. The summed E-state index contributed by atoms with van der Waals surface area (Å²) in [4.78, 5) is 18.0. The molecule has 0 saturated carbocycles. The summed E-state index contributed by atoms with van der Waals surface area (Å²) in [7, 11) is 2.07. The molecule has 0 aromatic carbocycles. The first-order valence-electron chi connectivity index (χ1n) is 5.51. The van der Waals surface area contributed by atoms with E-state index in [0.29, 0.717) is 10.7 Å². The second-order valence-corrected chi connectivity index (χ2v) is 4.49. The zero-order valence-electron chi connectivity index (χ0n) is 9.69. The van der Waals surface area contributed by atoms with Gasteiger partial charge in [0.25, 0.3) is 5.91 Å². The molecule has 0 atom stereocenters. The number of hydrogen-bond acceptors (Lipinski definition) is 4. The van der Waals surface area contributed by atoms with Gasteiger partial charge in [-0.05, 0) is 19.2 Å². The molecule has 1 aliphatic heterocycles. The van der Waals surface area contributed by atoms with E-state index in [4.69, 9.17) is 11.6 Å². The van der Waals surface area contributed by atoms with Crippen molar-refractivity contribution in [1.29, 1.82) is 0 Å². The van der Waals surface area contributed by atoms with Gasteiger partial charge in [0.1, 0.15) is 5.15 Å². The highest BCUT2D eigenvalue weighted by Crippen LogP contribution is 2.07. The maximum atomic E-state index is 11.9. The van der Waals surface area contributed by atoms with E-state index in [-0.39, 0.29) is 5.91 Å². The predicted octanol–water partition coefficient (Wildman–Crippen LogP) is 0.627. The Balaban J connectivity index is 1.93. The first-order valence-corrected chi connectivity index (χ1v) is 5.89. The lowest BCUT2D eigenvalue weighted by molar-refractivity contribution is 0.0662. The van der Waals surface area contributed by atoms with E-state index in [2.05, 4.69) is 22.4 Å². The fourth-order valence-electron chi connectivity index (χ4n) is 1.67. The van der Waals surface area contributed by atoms with Crippen LogP contribution in [0.5, 0.6) is 0 Å². The molecule has 1 N–H and O–H groups in total. The van der Waals surface area contributed by atoms with Gasteiger partial charge in [0.05, 0.1) is 0 Å². The third-order valence-electron chi connectivity index (χ3n) is 2.75. The lowest BCUT2D eigenvalue weighted by Gasteiger charge is -2.32. The van der Waals surface area contributed by atoms with E-state index in [0.717, 1.165) is 26.2 Å². The fraction of sp³-hybridized carbons (Fsp3) is 0.455. The summed E-state index contributed by atoms with van der Waals surface area (Å²) in [6.45, 7) is 3.58. The third-order valence-corrected chi connectivity index (χ3v) is 2.96. The lowest BCUT2D eigenvalue weighted by atomic mass is 10.2. The molecule has 92 valence electrons. The molecular weight excluding hydrogens is 240 g/mol. The molecule has 5 nitrogen and oxygen atoms in total. The molecule has 17 heavy (non-hydrogen) atoms. The fourth-order valence-corrected chi connectivity index (χ4v) is 1.84. The third kappa shape index (κ3) is 3.39. The van der Waals surface area contributed by atoms with Crippen molar-refractivity contribution in [3.8, 4) is 0 Å². The Morgan fingerprint density at radius 3 is 2.76 bits per heavy atom. The average Bonchev–Trinajstić information content (AvgIpc) is 2.32. The minimum Gasteiger partial charge on any atom is -0.304 e. The molecule has 1 saturated heterocycles. The first-order chi connectivity index (χ1) is 8.15. The molecule has 6 heteroatoms. The van der Waals surface area contributed by atoms with E-state index >= 15 is 0 Å². The Morgan fingerprint density at radius 2 is 2.12 bits per heavy atom. The molecule has 2 heterocycles. The molecule has 0 radical (unpaired) electrons. The molecule has 1 amide bonds. The van der Waals surface area contributed by atoms with E-state index in [9.17, 15) is 4.79 Å². The van der Waals surface area contributed by atoms with Crippen LogP contribution in [0.3, 0.4) is 0 Å². The van der Waals surface area contributed by atoms with E-state index in [1.165, 1.54) is 6.20 Å². The van der Waals surface area contributed by atoms with Crippen LogP contribution in [-0.2, 0) is 0 Å². The molecule has 0 bridgehead atoms. The Labute approximate surface area is 105 Å². The van der Waals surface area contributed by atoms with Gasteiger partial charge in [-0.3, -0.25) is 10.2 Å². The standard InChI is InChI=1S/C11H15ClN4O/c1-15-4-6-16(7-5-15)14-11(17)9-2-3-13-10(12)8-9/h2-3,8H,4-7H2,1H3,(H,14,17). The van der Waals surface area contributed by atoms with Gasteiger partial charge in [-0.25, -0.2) is 9.99 Å². The van der Waals surface area contributed by atoms with Crippen molar-refractivity contribution in [3.05, 3.63) is 29.0 Å². The number of aromatic nitrogens is 1. The number of hydrazine groups is 1. The van der Waals surface area contributed by atoms with Gasteiger partial charge in [0.15, 0.2) is 0 Å². The highest BCUT2D eigenvalue weighted by atomic mass is 35.5. The molecule has 1 aliphatic rings. The Bertz CT molecular complexity index is 404. The van der Waals surface area contributed by atoms with Gasteiger partial charge in [-0.2, -0.15) is 0 Å². The van der Waals surface area contributed by atoms with Crippen LogP contribution in [0, 0.1) is 0 Å². The lowest BCUT2D eigenvalue weighted by Crippen LogP contribution is -2.52. The van der Waals surface area contributed by atoms with E-state index in [1.54, 1.807) is 12.1 Å². The topological polar surface area (TPSA) is 48.5 Å². The molecule has 0 aliphatic carbocycles. The van der Waals surface area contributed by atoms with Crippen molar-refractivity contribution in [2.75, 3.05) is 33.2 Å². The molecule has 0 unspecified atom stereocenters. The summed E-state index contributed by atoms with van der Waals surface area (Å²) in [6.07, 6.45) is 1.53. The average molecular weight is 255 g/mol. The summed E-state index contributed by atoms with van der Waals surface area (Å²) in [5.74, 6) is -0.140. The number of piperazine rings is 1. The smallest absolute Gasteiger partial charge is 0.265 e. The van der Waals surface area contributed by atoms with Crippen LogP contribution >= 0.6 is 11.6 Å². The monoisotopic (exact) mass is 254 g/mol. The van der Waals surface area contributed by atoms with Crippen molar-refractivity contribution in [2.45, 2.75) is 0 Å². The van der Waals surface area contributed by atoms with Gasteiger partial charge < -0.3 is 4.90 Å². The SMILES string of the molecule is CN1CCN(NC(=O)c2ccnc(Cl)c2)CC1. The molecule has 1 aromatic heterocycles. The van der Waals surface area contributed by atoms with Gasteiger partial charge in [-0.1, -0.05) is 11.6 Å². The summed E-state index contributed by atoms with van der Waals surface area (Å²) in [5, 5.41) is 2.26. The molecule has 0 spiro atoms. The number of hydrogen-bond donors (Lipinski definition) is 1. The number of carbonyl (C=O) groups excluding carboxylic acids is 1. The largest absolute Gasteiger partial charge is 0.304 e. The second kappa shape index (κ2) is 5.44. The minimum atomic E-state index is -0.140. The Morgan fingerprint density at radius 1 is 1.41 bits per heavy atom. The van der Waals surface area contributed by atoms with Crippen LogP contribution in [0.2, 0.25) is 5.15 Å². The Kier molecular flexibility index (Phi) is 3.93. The second-order valence-electron chi connectivity index (χ2n) is 4.10. The molecule has 1 aromatic rings. The van der Waals surface area contributed by atoms with Crippen LogP contribution in [-0.4, -0.2) is 54.0 Å². The number of carbonyl (C=O) groups is 1. The van der Waals surface area contributed by atoms with Crippen LogP contribution in [0.15, 0.2) is 18.3 Å². The maximum absolute atomic E-state index is 11.9. The number of likely N-dealkylation sites (N-methyl/N-ethyl adjacent to an activating group) is 1. The number of rotatable bonds is 2. The normalized spacial score (nSPS) is 18.0. The number of halogens is 1. The predicted molar refractivity (Wildman–Crippen MR) is 65.8 cm³/mol. The summed E-state index contributed by atoms with van der Waals surface area (Å²) in [5.41, 5.74) is 3.40. The minimum absolute atomic E-state index is 0.140. The molecule has 1 fully saturated rings.